The zero-order valence-electron chi connectivity index (χ0n) is 13.4. The summed E-state index contributed by atoms with van der Waals surface area (Å²) >= 11 is 0. The number of benzene rings is 1. The zero-order chi connectivity index (χ0) is 16.5. The number of hydrogen-bond donors (Lipinski definition) is 1. The lowest BCUT2D eigenvalue weighted by Gasteiger charge is -2.32. The van der Waals surface area contributed by atoms with Crippen LogP contribution in [-0.2, 0) is 17.8 Å². The van der Waals surface area contributed by atoms with E-state index >= 15 is 0 Å². The van der Waals surface area contributed by atoms with Gasteiger partial charge >= 0.3 is 0 Å². The first-order valence-electron chi connectivity index (χ1n) is 7.91. The highest BCUT2D eigenvalue weighted by molar-refractivity contribution is 5.78. The lowest BCUT2D eigenvalue weighted by atomic mass is 9.95. The van der Waals surface area contributed by atoms with Crippen LogP contribution in [0, 0.1) is 0 Å². The lowest BCUT2D eigenvalue weighted by Crippen LogP contribution is -2.40. The standard InChI is InChI=1S/C17H18N6O/c1-22-10-12-5-2-3-6-13(12)14(11-22)19-16(24)9-15-20-17-18-7-4-8-23(17)21-15/h2-8,14H,9-11H2,1H3,(H,19,24). The molecule has 1 aromatic carbocycles. The van der Waals surface area contributed by atoms with Gasteiger partial charge in [-0.3, -0.25) is 9.69 Å². The third kappa shape index (κ3) is 2.85. The molecule has 7 heteroatoms. The number of amides is 1. The minimum absolute atomic E-state index is 0.0115. The Morgan fingerprint density at radius 2 is 2.21 bits per heavy atom. The number of nitrogens with zero attached hydrogens (tertiary/aromatic N) is 5. The van der Waals surface area contributed by atoms with Crippen LogP contribution in [0.2, 0.25) is 0 Å². The summed E-state index contributed by atoms with van der Waals surface area (Å²) in [5.74, 6) is 0.896. The first-order valence-corrected chi connectivity index (χ1v) is 7.91. The molecule has 0 aliphatic carbocycles. The van der Waals surface area contributed by atoms with Gasteiger partial charge in [0.15, 0.2) is 5.82 Å². The van der Waals surface area contributed by atoms with Gasteiger partial charge in [-0.1, -0.05) is 24.3 Å². The first-order chi connectivity index (χ1) is 11.7. The van der Waals surface area contributed by atoms with Crippen molar-refractivity contribution in [2.45, 2.75) is 19.0 Å². The Balaban J connectivity index is 1.50. The third-order valence-electron chi connectivity index (χ3n) is 4.18. The van der Waals surface area contributed by atoms with Crippen LogP contribution in [0.4, 0.5) is 0 Å². The molecular formula is C17H18N6O. The number of rotatable bonds is 3. The average molecular weight is 322 g/mol. The summed E-state index contributed by atoms with van der Waals surface area (Å²) in [4.78, 5) is 23.0. The second kappa shape index (κ2) is 6.01. The topological polar surface area (TPSA) is 75.4 Å². The summed E-state index contributed by atoms with van der Waals surface area (Å²) in [5, 5.41) is 7.38. The van der Waals surface area contributed by atoms with Crippen LogP contribution < -0.4 is 5.32 Å². The first kappa shape index (κ1) is 14.8. The molecule has 1 N–H and O–H groups in total. The minimum Gasteiger partial charge on any atom is -0.348 e. The van der Waals surface area contributed by atoms with Gasteiger partial charge in [-0.05, 0) is 24.2 Å². The quantitative estimate of drug-likeness (QED) is 0.778. The van der Waals surface area contributed by atoms with E-state index in [2.05, 4.69) is 44.5 Å². The Morgan fingerprint density at radius 1 is 1.33 bits per heavy atom. The molecule has 1 atom stereocenters. The number of carbonyl (C=O) groups excluding carboxylic acids is 1. The molecule has 0 saturated heterocycles. The summed E-state index contributed by atoms with van der Waals surface area (Å²) in [5.41, 5.74) is 2.44. The molecule has 1 aliphatic rings. The van der Waals surface area contributed by atoms with Gasteiger partial charge in [0.2, 0.25) is 5.91 Å². The Labute approximate surface area is 139 Å². The largest absolute Gasteiger partial charge is 0.348 e. The van der Waals surface area contributed by atoms with E-state index in [1.165, 1.54) is 11.1 Å². The van der Waals surface area contributed by atoms with E-state index in [9.17, 15) is 4.79 Å². The van der Waals surface area contributed by atoms with Crippen molar-refractivity contribution in [2.24, 2.45) is 0 Å². The van der Waals surface area contributed by atoms with Crippen LogP contribution in [-0.4, -0.2) is 44.0 Å². The van der Waals surface area contributed by atoms with Gasteiger partial charge < -0.3 is 5.32 Å². The molecule has 24 heavy (non-hydrogen) atoms. The fourth-order valence-electron chi connectivity index (χ4n) is 3.15. The molecule has 2 aromatic heterocycles. The van der Waals surface area contributed by atoms with Gasteiger partial charge in [0.05, 0.1) is 12.5 Å². The molecule has 0 saturated carbocycles. The molecule has 0 bridgehead atoms. The monoisotopic (exact) mass is 322 g/mol. The van der Waals surface area contributed by atoms with Gasteiger partial charge in [-0.2, -0.15) is 4.98 Å². The van der Waals surface area contributed by atoms with Crippen molar-refractivity contribution in [3.05, 3.63) is 59.7 Å². The second-order valence-electron chi connectivity index (χ2n) is 6.08. The molecule has 1 unspecified atom stereocenters. The van der Waals surface area contributed by atoms with E-state index in [1.807, 2.05) is 12.1 Å². The van der Waals surface area contributed by atoms with Gasteiger partial charge in [-0.25, -0.2) is 9.50 Å². The molecule has 3 aromatic rings. The maximum Gasteiger partial charge on any atom is 0.252 e. The SMILES string of the molecule is CN1Cc2ccccc2C(NC(=O)Cc2nc3ncccn3n2)C1. The molecule has 0 radical (unpaired) electrons. The molecule has 7 nitrogen and oxygen atoms in total. The lowest BCUT2D eigenvalue weighted by molar-refractivity contribution is -0.121. The minimum atomic E-state index is -0.0824. The van der Waals surface area contributed by atoms with Gasteiger partial charge in [0.25, 0.3) is 5.78 Å². The molecular weight excluding hydrogens is 304 g/mol. The summed E-state index contributed by atoms with van der Waals surface area (Å²) in [6, 6.07) is 10.0. The van der Waals surface area contributed by atoms with Crippen molar-refractivity contribution in [1.29, 1.82) is 0 Å². The van der Waals surface area contributed by atoms with Crippen molar-refractivity contribution in [3.63, 3.8) is 0 Å². The number of nitrogens with one attached hydrogen (secondary N) is 1. The highest BCUT2D eigenvalue weighted by atomic mass is 16.1. The highest BCUT2D eigenvalue weighted by Crippen LogP contribution is 2.25. The van der Waals surface area contributed by atoms with E-state index in [-0.39, 0.29) is 18.4 Å². The molecule has 4 rings (SSSR count). The van der Waals surface area contributed by atoms with Crippen LogP contribution in [0.5, 0.6) is 0 Å². The summed E-state index contributed by atoms with van der Waals surface area (Å²) in [6.07, 6.45) is 3.57. The van der Waals surface area contributed by atoms with Crippen molar-refractivity contribution in [3.8, 4) is 0 Å². The maximum atomic E-state index is 12.4. The molecule has 122 valence electrons. The fraction of sp³-hybridized carbons (Fsp3) is 0.294. The van der Waals surface area contributed by atoms with Gasteiger partial charge in [0.1, 0.15) is 0 Å². The van der Waals surface area contributed by atoms with Crippen molar-refractivity contribution in [1.82, 2.24) is 29.8 Å². The second-order valence-corrected chi connectivity index (χ2v) is 6.08. The third-order valence-corrected chi connectivity index (χ3v) is 4.18. The Hall–Kier alpha value is -2.80. The molecule has 0 spiro atoms. The van der Waals surface area contributed by atoms with Gasteiger partial charge in [0, 0.05) is 25.5 Å². The number of likely N-dealkylation sites (N-methyl/N-ethyl adjacent to an activating group) is 1. The average Bonchev–Trinajstić information content (AvgIpc) is 2.96. The molecule has 1 amide bonds. The van der Waals surface area contributed by atoms with Gasteiger partial charge in [-0.15, -0.1) is 5.10 Å². The van der Waals surface area contributed by atoms with Crippen molar-refractivity contribution >= 4 is 11.7 Å². The zero-order valence-corrected chi connectivity index (χ0v) is 13.4. The van der Waals surface area contributed by atoms with Crippen LogP contribution in [0.15, 0.2) is 42.7 Å². The number of carbonyl (C=O) groups is 1. The predicted molar refractivity (Wildman–Crippen MR) is 88.1 cm³/mol. The van der Waals surface area contributed by atoms with E-state index in [0.717, 1.165) is 13.1 Å². The predicted octanol–water partition coefficient (Wildman–Crippen LogP) is 0.970. The van der Waals surface area contributed by atoms with Crippen LogP contribution in [0.3, 0.4) is 0 Å². The Kier molecular flexibility index (Phi) is 3.70. The normalized spacial score (nSPS) is 17.6. The molecule has 3 heterocycles. The summed E-state index contributed by atoms with van der Waals surface area (Å²) < 4.78 is 1.58. The van der Waals surface area contributed by atoms with Crippen LogP contribution in [0.25, 0.3) is 5.78 Å². The Morgan fingerprint density at radius 3 is 3.08 bits per heavy atom. The van der Waals surface area contributed by atoms with Crippen molar-refractivity contribution in [2.75, 3.05) is 13.6 Å². The fourth-order valence-corrected chi connectivity index (χ4v) is 3.15. The van der Waals surface area contributed by atoms with Crippen LogP contribution in [0.1, 0.15) is 23.0 Å². The Bertz CT molecular complexity index is 856. The molecule has 1 aliphatic heterocycles. The number of fused-ring (bicyclic) bond motifs is 2. The van der Waals surface area contributed by atoms with E-state index in [1.54, 1.807) is 23.0 Å². The summed E-state index contributed by atoms with van der Waals surface area (Å²) in [7, 11) is 2.06. The van der Waals surface area contributed by atoms with E-state index in [4.69, 9.17) is 0 Å². The van der Waals surface area contributed by atoms with E-state index < -0.39 is 0 Å². The molecule has 0 fully saturated rings. The number of aromatic nitrogens is 4. The highest BCUT2D eigenvalue weighted by Gasteiger charge is 2.24. The maximum absolute atomic E-state index is 12.4. The van der Waals surface area contributed by atoms with Crippen molar-refractivity contribution < 1.29 is 4.79 Å². The summed E-state index contributed by atoms with van der Waals surface area (Å²) in [6.45, 7) is 1.70. The van der Waals surface area contributed by atoms with E-state index in [0.29, 0.717) is 11.6 Å². The smallest absolute Gasteiger partial charge is 0.252 e. The number of hydrogen-bond acceptors (Lipinski definition) is 5. The van der Waals surface area contributed by atoms with Crippen LogP contribution >= 0.6 is 0 Å².